The van der Waals surface area contributed by atoms with Crippen molar-refractivity contribution in [2.24, 2.45) is 4.99 Å². The molecule has 1 aromatic rings. The van der Waals surface area contributed by atoms with E-state index in [9.17, 15) is 9.90 Å². The topological polar surface area (TPSA) is 58.9 Å². The first-order chi connectivity index (χ1) is 9.34. The number of aromatic hydroxyl groups is 1. The summed E-state index contributed by atoms with van der Waals surface area (Å²) >= 11 is 0. The Bertz CT molecular complexity index is 562. The number of isocyanates is 1. The molecular formula is C16H21NO3. The minimum Gasteiger partial charge on any atom is -0.508 e. The summed E-state index contributed by atoms with van der Waals surface area (Å²) in [6, 6.07) is 3.55. The van der Waals surface area contributed by atoms with Gasteiger partial charge in [-0.05, 0) is 36.8 Å². The van der Waals surface area contributed by atoms with Gasteiger partial charge in [-0.3, -0.25) is 0 Å². The number of aliphatic imine (C=N–C) groups is 1. The first kappa shape index (κ1) is 14.6. The summed E-state index contributed by atoms with van der Waals surface area (Å²) in [5, 5.41) is 10.3. The third-order valence-corrected chi connectivity index (χ3v) is 4.07. The molecule has 0 amide bonds. The van der Waals surface area contributed by atoms with Crippen molar-refractivity contribution in [3.05, 3.63) is 23.3 Å². The summed E-state index contributed by atoms with van der Waals surface area (Å²) in [7, 11) is 1.60. The van der Waals surface area contributed by atoms with Crippen molar-refractivity contribution in [1.82, 2.24) is 0 Å². The van der Waals surface area contributed by atoms with Crippen LogP contribution in [0.5, 0.6) is 11.5 Å². The van der Waals surface area contributed by atoms with E-state index in [1.807, 2.05) is 26.8 Å². The van der Waals surface area contributed by atoms with E-state index >= 15 is 0 Å². The van der Waals surface area contributed by atoms with Gasteiger partial charge in [0.1, 0.15) is 17.0 Å². The van der Waals surface area contributed by atoms with Crippen LogP contribution in [0.15, 0.2) is 17.1 Å². The van der Waals surface area contributed by atoms with Gasteiger partial charge in [0, 0.05) is 11.1 Å². The molecule has 0 heterocycles. The average Bonchev–Trinajstić information content (AvgIpc) is 2.32. The van der Waals surface area contributed by atoms with Gasteiger partial charge in [0.2, 0.25) is 6.08 Å². The van der Waals surface area contributed by atoms with Crippen molar-refractivity contribution in [3.8, 4) is 11.5 Å². The molecule has 0 spiro atoms. The quantitative estimate of drug-likeness (QED) is 0.679. The lowest BCUT2D eigenvalue weighted by Gasteiger charge is -2.38. The second-order valence-corrected chi connectivity index (χ2v) is 6.41. The highest BCUT2D eigenvalue weighted by Gasteiger charge is 2.42. The number of benzene rings is 1. The van der Waals surface area contributed by atoms with Gasteiger partial charge >= 0.3 is 0 Å². The fourth-order valence-corrected chi connectivity index (χ4v) is 2.74. The normalized spacial score (nSPS) is 17.0. The molecule has 1 N–H and O–H groups in total. The molecule has 108 valence electrons. The van der Waals surface area contributed by atoms with E-state index in [2.05, 4.69) is 4.99 Å². The highest BCUT2D eigenvalue weighted by atomic mass is 16.5. The third-order valence-electron chi connectivity index (χ3n) is 4.07. The fourth-order valence-electron chi connectivity index (χ4n) is 2.74. The molecule has 0 radical (unpaired) electrons. The maximum absolute atomic E-state index is 10.7. The van der Waals surface area contributed by atoms with E-state index in [-0.39, 0.29) is 11.2 Å². The van der Waals surface area contributed by atoms with Gasteiger partial charge in [0.05, 0.1) is 7.11 Å². The number of ether oxygens (including phenoxy) is 1. The number of rotatable bonds is 3. The minimum absolute atomic E-state index is 0.184. The number of hydrogen-bond acceptors (Lipinski definition) is 4. The molecule has 1 aromatic carbocycles. The Morgan fingerprint density at radius 2 is 2.00 bits per heavy atom. The predicted octanol–water partition coefficient (Wildman–Crippen LogP) is 3.41. The SMILES string of the molecule is COc1cc(C(C)(C)C)c(O)cc1C1(N=C=O)CCC1. The largest absolute Gasteiger partial charge is 0.508 e. The molecule has 0 atom stereocenters. The Morgan fingerprint density at radius 1 is 1.35 bits per heavy atom. The second kappa shape index (κ2) is 4.95. The number of phenolic OH excluding ortho intramolecular Hbond substituents is 1. The lowest BCUT2D eigenvalue weighted by molar-refractivity contribution is 0.244. The van der Waals surface area contributed by atoms with Crippen molar-refractivity contribution in [2.75, 3.05) is 7.11 Å². The number of carbonyl (C=O) groups excluding carboxylic acids is 1. The molecule has 1 aliphatic rings. The summed E-state index contributed by atoms with van der Waals surface area (Å²) in [5.41, 5.74) is 0.847. The molecule has 2 rings (SSSR count). The van der Waals surface area contributed by atoms with Crippen LogP contribution < -0.4 is 4.74 Å². The summed E-state index contributed by atoms with van der Waals surface area (Å²) < 4.78 is 5.46. The van der Waals surface area contributed by atoms with E-state index in [0.29, 0.717) is 5.75 Å². The monoisotopic (exact) mass is 275 g/mol. The van der Waals surface area contributed by atoms with Gasteiger partial charge in [0.15, 0.2) is 0 Å². The standard InChI is InChI=1S/C16H21NO3/c1-15(2,3)11-9-14(20-4)12(8-13(11)19)16(17-10-18)6-5-7-16/h8-9,19H,5-7H2,1-4H3. The molecule has 20 heavy (non-hydrogen) atoms. The minimum atomic E-state index is -0.568. The van der Waals surface area contributed by atoms with Gasteiger partial charge in [-0.1, -0.05) is 20.8 Å². The summed E-state index contributed by atoms with van der Waals surface area (Å²) in [5.74, 6) is 0.895. The van der Waals surface area contributed by atoms with Crippen molar-refractivity contribution >= 4 is 6.08 Å². The molecule has 0 aliphatic heterocycles. The lowest BCUT2D eigenvalue weighted by atomic mass is 9.71. The van der Waals surface area contributed by atoms with E-state index in [1.54, 1.807) is 19.3 Å². The van der Waals surface area contributed by atoms with Crippen LogP contribution in [0.4, 0.5) is 0 Å². The molecular weight excluding hydrogens is 254 g/mol. The van der Waals surface area contributed by atoms with Crippen molar-refractivity contribution in [3.63, 3.8) is 0 Å². The average molecular weight is 275 g/mol. The first-order valence-electron chi connectivity index (χ1n) is 6.85. The van der Waals surface area contributed by atoms with Gasteiger partial charge in [-0.25, -0.2) is 4.79 Å². The van der Waals surface area contributed by atoms with Crippen LogP contribution in [-0.4, -0.2) is 18.3 Å². The van der Waals surface area contributed by atoms with E-state index in [0.717, 1.165) is 30.4 Å². The lowest BCUT2D eigenvalue weighted by Crippen LogP contribution is -2.32. The van der Waals surface area contributed by atoms with Crippen LogP contribution >= 0.6 is 0 Å². The molecule has 0 unspecified atom stereocenters. The number of nitrogens with zero attached hydrogens (tertiary/aromatic N) is 1. The smallest absolute Gasteiger partial charge is 0.235 e. The summed E-state index contributed by atoms with van der Waals surface area (Å²) in [6.45, 7) is 6.09. The number of hydrogen-bond donors (Lipinski definition) is 1. The van der Waals surface area contributed by atoms with Gasteiger partial charge < -0.3 is 9.84 Å². The molecule has 1 aliphatic carbocycles. The first-order valence-corrected chi connectivity index (χ1v) is 6.85. The van der Waals surface area contributed by atoms with Crippen LogP contribution in [0.2, 0.25) is 0 Å². The maximum Gasteiger partial charge on any atom is 0.235 e. The van der Waals surface area contributed by atoms with Gasteiger partial charge in [-0.15, -0.1) is 0 Å². The molecule has 0 bridgehead atoms. The van der Waals surface area contributed by atoms with Crippen LogP contribution in [0.1, 0.15) is 51.2 Å². The Morgan fingerprint density at radius 3 is 2.40 bits per heavy atom. The predicted molar refractivity (Wildman–Crippen MR) is 77.0 cm³/mol. The molecule has 0 saturated heterocycles. The Kier molecular flexibility index (Phi) is 3.61. The second-order valence-electron chi connectivity index (χ2n) is 6.41. The Labute approximate surface area is 119 Å². The highest BCUT2D eigenvalue weighted by Crippen LogP contribution is 2.50. The summed E-state index contributed by atoms with van der Waals surface area (Å²) in [4.78, 5) is 14.7. The zero-order valence-electron chi connectivity index (χ0n) is 12.5. The van der Waals surface area contributed by atoms with E-state index < -0.39 is 5.54 Å². The van der Waals surface area contributed by atoms with Crippen molar-refractivity contribution < 1.29 is 14.6 Å². The van der Waals surface area contributed by atoms with Crippen LogP contribution in [0, 0.1) is 0 Å². The molecule has 4 nitrogen and oxygen atoms in total. The number of methoxy groups -OCH3 is 1. The van der Waals surface area contributed by atoms with E-state index in [4.69, 9.17) is 4.74 Å². The zero-order valence-corrected chi connectivity index (χ0v) is 12.5. The van der Waals surface area contributed by atoms with Gasteiger partial charge in [0.25, 0.3) is 0 Å². The zero-order chi connectivity index (χ0) is 15.0. The van der Waals surface area contributed by atoms with E-state index in [1.165, 1.54) is 0 Å². The van der Waals surface area contributed by atoms with Crippen molar-refractivity contribution in [2.45, 2.75) is 51.0 Å². The molecule has 1 saturated carbocycles. The van der Waals surface area contributed by atoms with Crippen LogP contribution in [-0.2, 0) is 15.7 Å². The van der Waals surface area contributed by atoms with Crippen molar-refractivity contribution in [1.29, 1.82) is 0 Å². The van der Waals surface area contributed by atoms with Crippen LogP contribution in [0.3, 0.4) is 0 Å². The fraction of sp³-hybridized carbons (Fsp3) is 0.562. The molecule has 1 fully saturated rings. The number of phenols is 1. The third kappa shape index (κ3) is 2.32. The van der Waals surface area contributed by atoms with Gasteiger partial charge in [-0.2, -0.15) is 4.99 Å². The molecule has 0 aromatic heterocycles. The Balaban J connectivity index is 2.60. The summed E-state index contributed by atoms with van der Waals surface area (Å²) in [6.07, 6.45) is 4.24. The maximum atomic E-state index is 10.7. The Hall–Kier alpha value is -1.80. The molecule has 4 heteroatoms. The highest BCUT2D eigenvalue weighted by molar-refractivity contribution is 5.53. The van der Waals surface area contributed by atoms with Crippen LogP contribution in [0.25, 0.3) is 0 Å².